The number of para-hydroxylation sites is 1. The molecule has 5 heteroatoms. The number of likely N-dealkylation sites (tertiary alicyclic amines) is 2. The van der Waals surface area contributed by atoms with E-state index in [1.54, 1.807) is 0 Å². The summed E-state index contributed by atoms with van der Waals surface area (Å²) >= 11 is 0. The summed E-state index contributed by atoms with van der Waals surface area (Å²) < 4.78 is 5.46. The smallest absolute Gasteiger partial charge is 0.341 e. The largest absolute Gasteiger partial charge is 0.482 e. The molecule has 138 valence electrons. The van der Waals surface area contributed by atoms with Gasteiger partial charge in [-0.1, -0.05) is 18.2 Å². The summed E-state index contributed by atoms with van der Waals surface area (Å²) in [6, 6.07) is 7.82. The van der Waals surface area contributed by atoms with E-state index in [1.165, 1.54) is 45.2 Å². The van der Waals surface area contributed by atoms with Gasteiger partial charge in [0.05, 0.1) is 0 Å². The Hall–Kier alpha value is -1.59. The van der Waals surface area contributed by atoms with Crippen LogP contribution in [-0.2, 0) is 11.3 Å². The molecule has 0 atom stereocenters. The monoisotopic (exact) mass is 346 g/mol. The molecular formula is C20H30N2O3. The fourth-order valence-corrected chi connectivity index (χ4v) is 4.22. The third-order valence-electron chi connectivity index (χ3n) is 5.91. The highest BCUT2D eigenvalue weighted by Crippen LogP contribution is 2.41. The fourth-order valence-electron chi connectivity index (χ4n) is 4.22. The predicted octanol–water partition coefficient (Wildman–Crippen LogP) is 2.85. The highest BCUT2D eigenvalue weighted by Gasteiger charge is 2.35. The van der Waals surface area contributed by atoms with Crippen molar-refractivity contribution in [3.8, 4) is 5.75 Å². The van der Waals surface area contributed by atoms with Crippen molar-refractivity contribution in [2.24, 2.45) is 5.41 Å². The molecule has 0 aliphatic carbocycles. The lowest BCUT2D eigenvalue weighted by molar-refractivity contribution is -0.139. The summed E-state index contributed by atoms with van der Waals surface area (Å²) in [6.45, 7) is 5.25. The number of carbonyl (C=O) groups is 1. The third kappa shape index (κ3) is 4.95. The second-order valence-corrected chi connectivity index (χ2v) is 7.72. The molecule has 25 heavy (non-hydrogen) atoms. The molecule has 2 heterocycles. The molecule has 2 saturated heterocycles. The summed E-state index contributed by atoms with van der Waals surface area (Å²) in [4.78, 5) is 15.7. The fraction of sp³-hybridized carbons (Fsp3) is 0.650. The number of ether oxygens (including phenoxy) is 1. The van der Waals surface area contributed by atoms with E-state index >= 15 is 0 Å². The van der Waals surface area contributed by atoms with Gasteiger partial charge in [0.25, 0.3) is 0 Å². The molecule has 5 nitrogen and oxygen atoms in total. The number of rotatable bonds is 5. The minimum Gasteiger partial charge on any atom is -0.482 e. The summed E-state index contributed by atoms with van der Waals surface area (Å²) in [7, 11) is 2.23. The zero-order chi connectivity index (χ0) is 17.7. The molecule has 0 amide bonds. The van der Waals surface area contributed by atoms with E-state index in [0.717, 1.165) is 25.2 Å². The highest BCUT2D eigenvalue weighted by molar-refractivity contribution is 5.68. The summed E-state index contributed by atoms with van der Waals surface area (Å²) in [6.07, 6.45) is 6.53. The highest BCUT2D eigenvalue weighted by atomic mass is 16.5. The van der Waals surface area contributed by atoms with Gasteiger partial charge in [-0.05, 0) is 76.8 Å². The number of carboxylic acids is 1. The first-order valence-corrected chi connectivity index (χ1v) is 9.40. The van der Waals surface area contributed by atoms with Crippen molar-refractivity contribution in [3.63, 3.8) is 0 Å². The molecule has 1 spiro atoms. The van der Waals surface area contributed by atoms with Crippen LogP contribution in [-0.4, -0.2) is 60.7 Å². The van der Waals surface area contributed by atoms with Crippen LogP contribution in [0.2, 0.25) is 0 Å². The Balaban J connectivity index is 1.60. The van der Waals surface area contributed by atoms with Gasteiger partial charge in [0.15, 0.2) is 6.61 Å². The Kier molecular flexibility index (Phi) is 5.97. The summed E-state index contributed by atoms with van der Waals surface area (Å²) in [5.74, 6) is -0.239. The van der Waals surface area contributed by atoms with Gasteiger partial charge in [-0.25, -0.2) is 4.79 Å². The normalized spacial score (nSPS) is 21.8. The number of nitrogens with zero attached hydrogens (tertiary/aromatic N) is 2. The summed E-state index contributed by atoms with van der Waals surface area (Å²) in [5, 5.41) is 8.84. The van der Waals surface area contributed by atoms with Crippen molar-refractivity contribution in [2.75, 3.05) is 39.8 Å². The number of hydrogen-bond donors (Lipinski definition) is 1. The van der Waals surface area contributed by atoms with Crippen LogP contribution in [0.1, 0.15) is 37.7 Å². The average Bonchev–Trinajstić information content (AvgIpc) is 2.80. The number of hydrogen-bond acceptors (Lipinski definition) is 4. The van der Waals surface area contributed by atoms with E-state index in [-0.39, 0.29) is 6.61 Å². The van der Waals surface area contributed by atoms with Crippen LogP contribution in [0.25, 0.3) is 0 Å². The van der Waals surface area contributed by atoms with Gasteiger partial charge in [-0.15, -0.1) is 0 Å². The Morgan fingerprint density at radius 2 is 1.84 bits per heavy atom. The average molecular weight is 346 g/mol. The summed E-state index contributed by atoms with van der Waals surface area (Å²) in [5.41, 5.74) is 1.63. The molecule has 0 unspecified atom stereocenters. The molecule has 1 N–H and O–H groups in total. The van der Waals surface area contributed by atoms with Gasteiger partial charge in [0.2, 0.25) is 0 Å². The lowest BCUT2D eigenvalue weighted by Crippen LogP contribution is -2.38. The van der Waals surface area contributed by atoms with Crippen LogP contribution >= 0.6 is 0 Å². The molecule has 1 aromatic rings. The maximum atomic E-state index is 10.8. The van der Waals surface area contributed by atoms with Crippen LogP contribution in [0.5, 0.6) is 5.75 Å². The van der Waals surface area contributed by atoms with Crippen LogP contribution in [0, 0.1) is 5.41 Å². The Labute approximate surface area is 150 Å². The molecule has 0 radical (unpaired) electrons. The van der Waals surface area contributed by atoms with Crippen LogP contribution < -0.4 is 4.74 Å². The van der Waals surface area contributed by atoms with Crippen molar-refractivity contribution in [3.05, 3.63) is 29.8 Å². The van der Waals surface area contributed by atoms with Crippen LogP contribution in [0.4, 0.5) is 0 Å². The SMILES string of the molecule is CN1CCC2(CCCN(Cc3ccccc3OCC(=O)O)CC2)CC1. The van der Waals surface area contributed by atoms with E-state index in [4.69, 9.17) is 9.84 Å². The number of aliphatic carboxylic acids is 1. The topological polar surface area (TPSA) is 53.0 Å². The Morgan fingerprint density at radius 3 is 2.60 bits per heavy atom. The van der Waals surface area contributed by atoms with E-state index < -0.39 is 5.97 Å². The van der Waals surface area contributed by atoms with Crippen molar-refractivity contribution >= 4 is 5.97 Å². The van der Waals surface area contributed by atoms with Crippen molar-refractivity contribution in [1.82, 2.24) is 9.80 Å². The third-order valence-corrected chi connectivity index (χ3v) is 5.91. The Bertz CT molecular complexity index is 582. The molecule has 3 rings (SSSR count). The van der Waals surface area contributed by atoms with Crippen molar-refractivity contribution < 1.29 is 14.6 Å². The maximum Gasteiger partial charge on any atom is 0.341 e. The van der Waals surface area contributed by atoms with Gasteiger partial charge in [0.1, 0.15) is 5.75 Å². The first kappa shape index (κ1) is 18.2. The minimum absolute atomic E-state index is 0.284. The van der Waals surface area contributed by atoms with Crippen molar-refractivity contribution in [2.45, 2.75) is 38.6 Å². The molecule has 2 aliphatic heterocycles. The van der Waals surface area contributed by atoms with Crippen molar-refractivity contribution in [1.29, 1.82) is 0 Å². The van der Waals surface area contributed by atoms with Gasteiger partial charge >= 0.3 is 5.97 Å². The molecule has 2 fully saturated rings. The van der Waals surface area contributed by atoms with E-state index in [9.17, 15) is 4.79 Å². The molecule has 1 aromatic carbocycles. The van der Waals surface area contributed by atoms with E-state index in [1.807, 2.05) is 24.3 Å². The lowest BCUT2D eigenvalue weighted by atomic mass is 9.73. The van der Waals surface area contributed by atoms with Crippen LogP contribution in [0.15, 0.2) is 24.3 Å². The number of benzene rings is 1. The Morgan fingerprint density at radius 1 is 1.12 bits per heavy atom. The predicted molar refractivity (Wildman–Crippen MR) is 97.9 cm³/mol. The lowest BCUT2D eigenvalue weighted by Gasteiger charge is -2.40. The minimum atomic E-state index is -0.936. The van der Waals surface area contributed by atoms with Gasteiger partial charge in [0, 0.05) is 12.1 Å². The first-order valence-electron chi connectivity index (χ1n) is 9.40. The molecule has 0 aromatic heterocycles. The quantitative estimate of drug-likeness (QED) is 0.888. The zero-order valence-corrected chi connectivity index (χ0v) is 15.2. The standard InChI is InChI=1S/C20H30N2O3/c1-21-12-8-20(9-13-21)7-4-11-22(14-10-20)15-17-5-2-3-6-18(17)25-16-19(23)24/h2-3,5-6H,4,7-16H2,1H3,(H,23,24). The van der Waals surface area contributed by atoms with E-state index in [0.29, 0.717) is 11.2 Å². The van der Waals surface area contributed by atoms with Gasteiger partial charge in [-0.2, -0.15) is 0 Å². The zero-order valence-electron chi connectivity index (χ0n) is 15.2. The second-order valence-electron chi connectivity index (χ2n) is 7.72. The molecular weight excluding hydrogens is 316 g/mol. The molecule has 0 bridgehead atoms. The number of piperidine rings is 1. The second kappa shape index (κ2) is 8.19. The maximum absolute atomic E-state index is 10.8. The van der Waals surface area contributed by atoms with Gasteiger partial charge < -0.3 is 14.7 Å². The number of carboxylic acid groups (broad SMARTS) is 1. The first-order chi connectivity index (χ1) is 12.1. The van der Waals surface area contributed by atoms with E-state index in [2.05, 4.69) is 16.8 Å². The van der Waals surface area contributed by atoms with Gasteiger partial charge in [-0.3, -0.25) is 4.90 Å². The van der Waals surface area contributed by atoms with Crippen LogP contribution in [0.3, 0.4) is 0 Å². The molecule has 0 saturated carbocycles. The molecule has 2 aliphatic rings.